The van der Waals surface area contributed by atoms with Crippen molar-refractivity contribution in [3.63, 3.8) is 0 Å². The van der Waals surface area contributed by atoms with Crippen LogP contribution in [0.3, 0.4) is 0 Å². The highest BCUT2D eigenvalue weighted by Crippen LogP contribution is 2.43. The molecule has 0 atom stereocenters. The Labute approximate surface area is 359 Å². The number of alkyl halides is 3. The molecule has 0 spiro atoms. The first-order valence-corrected chi connectivity index (χ1v) is 20.4. The maximum Gasteiger partial charge on any atom is 0.416 e. The molecule has 11 rings (SSSR count). The second-order valence-corrected chi connectivity index (χ2v) is 15.6. The van der Waals surface area contributed by atoms with Crippen molar-refractivity contribution in [3.8, 4) is 62.7 Å². The smallest absolute Gasteiger partial charge is 0.309 e. The summed E-state index contributed by atoms with van der Waals surface area (Å²) in [5.41, 5.74) is 9.46. The summed E-state index contributed by atoms with van der Waals surface area (Å²) < 4.78 is 46.9. The highest BCUT2D eigenvalue weighted by molar-refractivity contribution is 6.12. The summed E-state index contributed by atoms with van der Waals surface area (Å²) in [6, 6.07) is 59.6. The molecule has 3 aromatic heterocycles. The van der Waals surface area contributed by atoms with Crippen molar-refractivity contribution in [1.82, 2.24) is 24.1 Å². The molecule has 0 N–H and O–H groups in total. The number of rotatable bonds is 6. The third kappa shape index (κ3) is 6.39. The first-order valence-electron chi connectivity index (χ1n) is 20.4. The van der Waals surface area contributed by atoms with E-state index >= 15 is 0 Å². The molecule has 0 fully saturated rings. The molecule has 0 radical (unpaired) electrons. The summed E-state index contributed by atoms with van der Waals surface area (Å²) in [6.07, 6.45) is -4.53. The van der Waals surface area contributed by atoms with Gasteiger partial charge in [0, 0.05) is 49.4 Å². The molecule has 0 amide bonds. The van der Waals surface area contributed by atoms with Crippen LogP contribution in [0.15, 0.2) is 182 Å². The second kappa shape index (κ2) is 14.7. The summed E-state index contributed by atoms with van der Waals surface area (Å²) >= 11 is 0. The van der Waals surface area contributed by atoms with Gasteiger partial charge < -0.3 is 9.13 Å². The second-order valence-electron chi connectivity index (χ2n) is 15.6. The van der Waals surface area contributed by atoms with Gasteiger partial charge in [-0.05, 0) is 79.7 Å². The molecule has 0 bridgehead atoms. The van der Waals surface area contributed by atoms with E-state index in [-0.39, 0.29) is 0 Å². The van der Waals surface area contributed by atoms with Gasteiger partial charge in [0.1, 0.15) is 0 Å². The summed E-state index contributed by atoms with van der Waals surface area (Å²) in [6.45, 7) is 2.08. The van der Waals surface area contributed by atoms with Gasteiger partial charge in [-0.2, -0.15) is 18.4 Å². The van der Waals surface area contributed by atoms with Crippen molar-refractivity contribution in [1.29, 1.82) is 5.26 Å². The van der Waals surface area contributed by atoms with Crippen molar-refractivity contribution in [2.24, 2.45) is 0 Å². The number of nitriles is 1. The Balaban J connectivity index is 1.24. The van der Waals surface area contributed by atoms with Crippen LogP contribution >= 0.6 is 0 Å². The number of para-hydroxylation sites is 2. The summed E-state index contributed by atoms with van der Waals surface area (Å²) in [5.74, 6) is 1.50. The van der Waals surface area contributed by atoms with Gasteiger partial charge in [-0.25, -0.2) is 15.0 Å². The van der Waals surface area contributed by atoms with Crippen molar-refractivity contribution in [2.75, 3.05) is 0 Å². The fraction of sp³-hybridized carbons (Fsp3) is 0.0370. The molecule has 6 nitrogen and oxygen atoms in total. The Morgan fingerprint density at radius 1 is 0.444 bits per heavy atom. The largest absolute Gasteiger partial charge is 0.416 e. The van der Waals surface area contributed by atoms with Crippen LogP contribution in [0.4, 0.5) is 13.2 Å². The molecule has 0 saturated heterocycles. The normalized spacial score (nSPS) is 11.8. The molecule has 11 aromatic rings. The number of hydrogen-bond donors (Lipinski definition) is 0. The van der Waals surface area contributed by atoms with Crippen LogP contribution in [0.25, 0.3) is 100 Å². The van der Waals surface area contributed by atoms with E-state index in [1.807, 2.05) is 120 Å². The maximum absolute atomic E-state index is 14.2. The molecule has 0 aliphatic heterocycles. The van der Waals surface area contributed by atoms with E-state index in [1.54, 1.807) is 6.07 Å². The highest BCUT2D eigenvalue weighted by atomic mass is 19.4. The van der Waals surface area contributed by atoms with Crippen LogP contribution in [0, 0.1) is 18.3 Å². The van der Waals surface area contributed by atoms with Gasteiger partial charge in [0.05, 0.1) is 50.6 Å². The fourth-order valence-electron chi connectivity index (χ4n) is 8.79. The lowest BCUT2D eigenvalue weighted by molar-refractivity contribution is -0.137. The standard InChI is InChI=1S/C54H33F3N6/c1-33-20-25-47-42(28-33)39-16-8-10-18-45(39)62(47)48-26-22-37(53-60-51(35-12-4-2-5-13-35)59-52(61-53)36-14-6-3-7-15-36)30-43(48)41-24-21-34(32-58)29-50(41)63-46-19-11-9-17-40(46)44-31-38(54(55,56)57)23-27-49(44)63/h2-31H,1H3. The van der Waals surface area contributed by atoms with Crippen LogP contribution in [0.5, 0.6) is 0 Å². The fourth-order valence-corrected chi connectivity index (χ4v) is 8.79. The summed E-state index contributed by atoms with van der Waals surface area (Å²) in [7, 11) is 0. The predicted molar refractivity (Wildman–Crippen MR) is 245 cm³/mol. The average molecular weight is 823 g/mol. The number of aryl methyl sites for hydroxylation is 1. The minimum Gasteiger partial charge on any atom is -0.309 e. The SMILES string of the molecule is Cc1ccc2c(c1)c1ccccc1n2-c1ccc(-c2nc(-c3ccccc3)nc(-c3ccccc3)n2)cc1-c1ccc(C#N)cc1-n1c2ccccc2c2cc(C(F)(F)F)ccc21. The zero-order chi connectivity index (χ0) is 42.8. The van der Waals surface area contributed by atoms with Crippen molar-refractivity contribution < 1.29 is 13.2 Å². The van der Waals surface area contributed by atoms with E-state index in [1.165, 1.54) is 12.1 Å². The van der Waals surface area contributed by atoms with E-state index in [0.29, 0.717) is 50.5 Å². The lowest BCUT2D eigenvalue weighted by atomic mass is 9.96. The number of benzene rings is 8. The van der Waals surface area contributed by atoms with Gasteiger partial charge in [0.2, 0.25) is 0 Å². The third-order valence-electron chi connectivity index (χ3n) is 11.7. The zero-order valence-corrected chi connectivity index (χ0v) is 33.6. The van der Waals surface area contributed by atoms with E-state index in [2.05, 4.69) is 60.0 Å². The first kappa shape index (κ1) is 37.6. The Kier molecular flexibility index (Phi) is 8.77. The maximum atomic E-state index is 14.2. The molecule has 63 heavy (non-hydrogen) atoms. The van der Waals surface area contributed by atoms with Crippen molar-refractivity contribution >= 4 is 43.6 Å². The van der Waals surface area contributed by atoms with Crippen LogP contribution in [0.2, 0.25) is 0 Å². The molecule has 9 heteroatoms. The molecule has 0 aliphatic carbocycles. The molecular weight excluding hydrogens is 790 g/mol. The monoisotopic (exact) mass is 822 g/mol. The lowest BCUT2D eigenvalue weighted by Gasteiger charge is -2.20. The van der Waals surface area contributed by atoms with Crippen LogP contribution in [-0.4, -0.2) is 24.1 Å². The Bertz CT molecular complexity index is 3580. The minimum atomic E-state index is -4.53. The number of nitrogens with zero attached hydrogens (tertiary/aromatic N) is 6. The topological polar surface area (TPSA) is 72.3 Å². The van der Waals surface area contributed by atoms with Gasteiger partial charge in [-0.15, -0.1) is 0 Å². The van der Waals surface area contributed by atoms with Gasteiger partial charge in [-0.3, -0.25) is 0 Å². The molecule has 0 unspecified atom stereocenters. The number of halogens is 3. The quantitative estimate of drug-likeness (QED) is 0.167. The minimum absolute atomic E-state index is 0.397. The summed E-state index contributed by atoms with van der Waals surface area (Å²) in [5, 5.41) is 13.7. The third-order valence-corrected chi connectivity index (χ3v) is 11.7. The number of fused-ring (bicyclic) bond motifs is 6. The molecule has 0 saturated carbocycles. The van der Waals surface area contributed by atoms with Gasteiger partial charge in [0.15, 0.2) is 17.5 Å². The molecular formula is C54H33F3N6. The van der Waals surface area contributed by atoms with Crippen molar-refractivity contribution in [3.05, 3.63) is 199 Å². The molecule has 8 aromatic carbocycles. The van der Waals surface area contributed by atoms with E-state index in [0.717, 1.165) is 66.9 Å². The first-order chi connectivity index (χ1) is 30.7. The highest BCUT2D eigenvalue weighted by Gasteiger charge is 2.31. The summed E-state index contributed by atoms with van der Waals surface area (Å²) in [4.78, 5) is 15.1. The van der Waals surface area contributed by atoms with Gasteiger partial charge in [-0.1, -0.05) is 115 Å². The van der Waals surface area contributed by atoms with E-state index in [9.17, 15) is 18.4 Å². The lowest BCUT2D eigenvalue weighted by Crippen LogP contribution is -2.05. The Morgan fingerprint density at radius 2 is 0.968 bits per heavy atom. The Morgan fingerprint density at radius 3 is 1.57 bits per heavy atom. The van der Waals surface area contributed by atoms with Crippen LogP contribution < -0.4 is 0 Å². The molecule has 0 aliphatic rings. The Hall–Kier alpha value is -8.35. The average Bonchev–Trinajstić information content (AvgIpc) is 3.83. The zero-order valence-electron chi connectivity index (χ0n) is 33.6. The van der Waals surface area contributed by atoms with E-state index in [4.69, 9.17) is 15.0 Å². The number of aromatic nitrogens is 5. The number of hydrogen-bond acceptors (Lipinski definition) is 4. The molecule has 300 valence electrons. The van der Waals surface area contributed by atoms with Gasteiger partial charge >= 0.3 is 6.18 Å². The van der Waals surface area contributed by atoms with Gasteiger partial charge in [0.25, 0.3) is 0 Å². The van der Waals surface area contributed by atoms with Crippen molar-refractivity contribution in [2.45, 2.75) is 13.1 Å². The van der Waals surface area contributed by atoms with Crippen LogP contribution in [0.1, 0.15) is 16.7 Å². The van der Waals surface area contributed by atoms with E-state index < -0.39 is 11.7 Å². The van der Waals surface area contributed by atoms with Crippen LogP contribution in [-0.2, 0) is 6.18 Å². The molecule has 3 heterocycles. The predicted octanol–water partition coefficient (Wildman–Crippen LogP) is 13.9.